The summed E-state index contributed by atoms with van der Waals surface area (Å²) >= 11 is 2.53. The summed E-state index contributed by atoms with van der Waals surface area (Å²) in [4.78, 5) is 22.8. The largest absolute Gasteiger partial charge is 0.326 e. The molecule has 104 valence electrons. The van der Waals surface area contributed by atoms with E-state index in [1.165, 1.54) is 42.2 Å². The van der Waals surface area contributed by atoms with Gasteiger partial charge in [0.25, 0.3) is 0 Å². The molecule has 1 aromatic heterocycles. The molecule has 20 heavy (non-hydrogen) atoms. The van der Waals surface area contributed by atoms with Crippen LogP contribution in [0.5, 0.6) is 0 Å². The molecule has 8 heteroatoms. The van der Waals surface area contributed by atoms with E-state index >= 15 is 0 Å². The second kappa shape index (κ2) is 6.58. The zero-order chi connectivity index (χ0) is 14.5. The van der Waals surface area contributed by atoms with Crippen molar-refractivity contribution in [1.29, 1.82) is 0 Å². The van der Waals surface area contributed by atoms with Gasteiger partial charge in [0.2, 0.25) is 5.91 Å². The quantitative estimate of drug-likeness (QED) is 0.679. The number of nitrogens with one attached hydrogen (secondary N) is 1. The number of ketones is 1. The number of amides is 1. The van der Waals surface area contributed by atoms with Gasteiger partial charge in [0, 0.05) is 12.6 Å². The normalized spacial score (nSPS) is 10.3. The predicted octanol–water partition coefficient (Wildman–Crippen LogP) is 2.61. The first-order valence-corrected chi connectivity index (χ1v) is 7.42. The Morgan fingerprint density at radius 2 is 2.25 bits per heavy atom. The Morgan fingerprint density at radius 3 is 2.85 bits per heavy atom. The van der Waals surface area contributed by atoms with Crippen LogP contribution in [0.25, 0.3) is 0 Å². The fraction of sp³-hybridized carbons (Fsp3) is 0.167. The van der Waals surface area contributed by atoms with Crippen LogP contribution in [0, 0.1) is 5.82 Å². The van der Waals surface area contributed by atoms with Gasteiger partial charge in [-0.25, -0.2) is 4.39 Å². The Labute approximate surface area is 122 Å². The third-order valence-corrected chi connectivity index (χ3v) is 4.12. The highest BCUT2D eigenvalue weighted by Gasteiger charge is 2.13. The third-order valence-electron chi connectivity index (χ3n) is 2.26. The molecule has 0 saturated heterocycles. The van der Waals surface area contributed by atoms with E-state index in [1.54, 1.807) is 5.51 Å². The Balaban J connectivity index is 2.04. The topological polar surface area (TPSA) is 72.0 Å². The number of aromatic nitrogens is 2. The van der Waals surface area contributed by atoms with Crippen molar-refractivity contribution in [3.8, 4) is 0 Å². The second-order valence-electron chi connectivity index (χ2n) is 3.79. The standard InChI is InChI=1S/C12H10FN3O2S2/c1-7(17)15-8-2-3-9(10(13)4-8)11(18)5-19-12-16-14-6-20-12/h2-4,6H,5H2,1H3,(H,15,17). The van der Waals surface area contributed by atoms with Crippen LogP contribution < -0.4 is 5.32 Å². The first-order chi connectivity index (χ1) is 9.56. The molecule has 0 unspecified atom stereocenters. The van der Waals surface area contributed by atoms with E-state index in [4.69, 9.17) is 0 Å². The summed E-state index contributed by atoms with van der Waals surface area (Å²) in [6.07, 6.45) is 0. The van der Waals surface area contributed by atoms with E-state index in [1.807, 2.05) is 0 Å². The monoisotopic (exact) mass is 311 g/mol. The molecule has 1 heterocycles. The molecule has 0 radical (unpaired) electrons. The first kappa shape index (κ1) is 14.6. The summed E-state index contributed by atoms with van der Waals surface area (Å²) in [6, 6.07) is 3.99. The molecule has 1 N–H and O–H groups in total. The molecular formula is C12H10FN3O2S2. The maximum absolute atomic E-state index is 13.8. The lowest BCUT2D eigenvalue weighted by molar-refractivity contribution is -0.114. The number of thioether (sulfide) groups is 1. The van der Waals surface area contributed by atoms with Crippen LogP contribution in [-0.4, -0.2) is 27.6 Å². The van der Waals surface area contributed by atoms with Crippen LogP contribution >= 0.6 is 23.1 Å². The molecular weight excluding hydrogens is 301 g/mol. The Bertz CT molecular complexity index is 632. The van der Waals surface area contributed by atoms with Crippen molar-refractivity contribution in [2.24, 2.45) is 0 Å². The van der Waals surface area contributed by atoms with Gasteiger partial charge in [-0.15, -0.1) is 10.2 Å². The maximum atomic E-state index is 13.8. The van der Waals surface area contributed by atoms with E-state index in [9.17, 15) is 14.0 Å². The third kappa shape index (κ3) is 3.84. The summed E-state index contributed by atoms with van der Waals surface area (Å²) in [7, 11) is 0. The molecule has 0 aliphatic carbocycles. The summed E-state index contributed by atoms with van der Waals surface area (Å²) in [5, 5.41) is 9.89. The molecule has 0 fully saturated rings. The number of hydrogen-bond donors (Lipinski definition) is 1. The van der Waals surface area contributed by atoms with Crippen molar-refractivity contribution >= 4 is 40.5 Å². The van der Waals surface area contributed by atoms with Crippen LogP contribution in [0.2, 0.25) is 0 Å². The van der Waals surface area contributed by atoms with E-state index in [-0.39, 0.29) is 23.0 Å². The van der Waals surface area contributed by atoms with Gasteiger partial charge < -0.3 is 5.32 Å². The SMILES string of the molecule is CC(=O)Nc1ccc(C(=O)CSc2nncs2)c(F)c1. The van der Waals surface area contributed by atoms with Gasteiger partial charge in [-0.2, -0.15) is 0 Å². The zero-order valence-electron chi connectivity index (χ0n) is 10.4. The number of rotatable bonds is 5. The summed E-state index contributed by atoms with van der Waals surface area (Å²) in [5.74, 6) is -1.20. The number of carbonyl (C=O) groups excluding carboxylic acids is 2. The highest BCUT2D eigenvalue weighted by molar-refractivity contribution is 8.01. The van der Waals surface area contributed by atoms with Gasteiger partial charge >= 0.3 is 0 Å². The number of carbonyl (C=O) groups is 2. The van der Waals surface area contributed by atoms with Crippen molar-refractivity contribution in [2.75, 3.05) is 11.1 Å². The smallest absolute Gasteiger partial charge is 0.221 e. The molecule has 0 aliphatic heterocycles. The molecule has 0 bridgehead atoms. The van der Waals surface area contributed by atoms with E-state index in [2.05, 4.69) is 15.5 Å². The lowest BCUT2D eigenvalue weighted by Crippen LogP contribution is -2.09. The highest BCUT2D eigenvalue weighted by Crippen LogP contribution is 2.22. The van der Waals surface area contributed by atoms with Gasteiger partial charge in [0.1, 0.15) is 11.3 Å². The number of anilines is 1. The van der Waals surface area contributed by atoms with Gasteiger partial charge in [0.15, 0.2) is 10.1 Å². The fourth-order valence-corrected chi connectivity index (χ4v) is 2.82. The molecule has 0 spiro atoms. The van der Waals surface area contributed by atoms with Crippen LogP contribution in [0.3, 0.4) is 0 Å². The van der Waals surface area contributed by atoms with Gasteiger partial charge in [0.05, 0.1) is 11.3 Å². The summed E-state index contributed by atoms with van der Waals surface area (Å²) < 4.78 is 14.5. The minimum Gasteiger partial charge on any atom is -0.326 e. The van der Waals surface area contributed by atoms with Gasteiger partial charge in [-0.3, -0.25) is 9.59 Å². The molecule has 0 atom stereocenters. The number of hydrogen-bond acceptors (Lipinski definition) is 6. The predicted molar refractivity (Wildman–Crippen MR) is 75.7 cm³/mol. The van der Waals surface area contributed by atoms with Crippen molar-refractivity contribution < 1.29 is 14.0 Å². The fourth-order valence-electron chi connectivity index (χ4n) is 1.45. The Hall–Kier alpha value is -1.80. The van der Waals surface area contributed by atoms with Gasteiger partial charge in [-0.05, 0) is 18.2 Å². The summed E-state index contributed by atoms with van der Waals surface area (Å²) in [6.45, 7) is 1.33. The van der Waals surface area contributed by atoms with E-state index < -0.39 is 5.82 Å². The number of benzene rings is 1. The van der Waals surface area contributed by atoms with Crippen molar-refractivity contribution in [3.63, 3.8) is 0 Å². The highest BCUT2D eigenvalue weighted by atomic mass is 32.2. The van der Waals surface area contributed by atoms with E-state index in [0.29, 0.717) is 10.0 Å². The van der Waals surface area contributed by atoms with Crippen molar-refractivity contribution in [2.45, 2.75) is 11.3 Å². The number of nitrogens with zero attached hydrogens (tertiary/aromatic N) is 2. The average Bonchev–Trinajstić information content (AvgIpc) is 2.88. The number of halogens is 1. The minimum absolute atomic E-state index is 0.00360. The average molecular weight is 311 g/mol. The molecule has 1 aromatic carbocycles. The minimum atomic E-state index is -0.654. The molecule has 0 aliphatic rings. The molecule has 2 rings (SSSR count). The zero-order valence-corrected chi connectivity index (χ0v) is 12.1. The number of Topliss-reactive ketones (excluding diaryl/α,β-unsaturated/α-hetero) is 1. The van der Waals surface area contributed by atoms with Crippen molar-refractivity contribution in [3.05, 3.63) is 35.1 Å². The van der Waals surface area contributed by atoms with Crippen LogP contribution in [-0.2, 0) is 4.79 Å². The van der Waals surface area contributed by atoms with Crippen LogP contribution in [0.1, 0.15) is 17.3 Å². The van der Waals surface area contributed by atoms with Gasteiger partial charge in [-0.1, -0.05) is 23.1 Å². The molecule has 1 amide bonds. The van der Waals surface area contributed by atoms with E-state index in [0.717, 1.165) is 6.07 Å². The second-order valence-corrected chi connectivity index (χ2v) is 5.85. The summed E-state index contributed by atoms with van der Waals surface area (Å²) in [5.41, 5.74) is 1.88. The van der Waals surface area contributed by atoms with Crippen LogP contribution in [0.4, 0.5) is 10.1 Å². The lowest BCUT2D eigenvalue weighted by atomic mass is 10.1. The van der Waals surface area contributed by atoms with Crippen LogP contribution in [0.15, 0.2) is 28.0 Å². The molecule has 0 saturated carbocycles. The molecule has 2 aromatic rings. The van der Waals surface area contributed by atoms with Crippen molar-refractivity contribution in [1.82, 2.24) is 10.2 Å². The first-order valence-electron chi connectivity index (χ1n) is 5.55. The lowest BCUT2D eigenvalue weighted by Gasteiger charge is -2.05. The maximum Gasteiger partial charge on any atom is 0.221 e. The molecule has 5 nitrogen and oxygen atoms in total. The Morgan fingerprint density at radius 1 is 1.45 bits per heavy atom. The Kier molecular flexibility index (Phi) is 4.80.